The molecule has 3 heterocycles. The number of aryl methyl sites for hydroxylation is 1. The zero-order valence-corrected chi connectivity index (χ0v) is 16.2. The molecule has 3 aromatic rings. The Morgan fingerprint density at radius 3 is 2.65 bits per heavy atom. The van der Waals surface area contributed by atoms with Crippen LogP contribution in [0.15, 0.2) is 42.6 Å². The summed E-state index contributed by atoms with van der Waals surface area (Å²) in [6.45, 7) is 4.76. The van der Waals surface area contributed by atoms with Crippen molar-refractivity contribution in [2.24, 2.45) is 0 Å². The predicted octanol–water partition coefficient (Wildman–Crippen LogP) is 5.19. The van der Waals surface area contributed by atoms with Crippen LogP contribution in [-0.2, 0) is 6.61 Å². The first-order valence-corrected chi connectivity index (χ1v) is 8.96. The number of hydrogen-bond donors (Lipinski definition) is 0. The third-order valence-corrected chi connectivity index (χ3v) is 4.75. The van der Waals surface area contributed by atoms with Gasteiger partial charge in [0.1, 0.15) is 17.5 Å². The second-order valence-electron chi connectivity index (χ2n) is 6.43. The number of nitrogens with zero attached hydrogens (tertiary/aromatic N) is 3. The highest BCUT2D eigenvalue weighted by molar-refractivity contribution is 6.29. The monoisotopic (exact) mass is 389 g/mol. The third-order valence-electron chi connectivity index (χ3n) is 4.53. The molecule has 1 aliphatic heterocycles. The molecule has 26 heavy (non-hydrogen) atoms. The summed E-state index contributed by atoms with van der Waals surface area (Å²) < 4.78 is 5.91. The number of fused-ring (bicyclic) bond motifs is 1. The van der Waals surface area contributed by atoms with E-state index in [0.717, 1.165) is 35.6 Å². The van der Waals surface area contributed by atoms with Crippen molar-refractivity contribution in [1.82, 2.24) is 9.97 Å². The molecule has 4 nitrogen and oxygen atoms in total. The molecule has 0 saturated carbocycles. The Bertz CT molecular complexity index is 893. The predicted molar refractivity (Wildman–Crippen MR) is 109 cm³/mol. The minimum Gasteiger partial charge on any atom is -0.489 e. The average molecular weight is 390 g/mol. The maximum atomic E-state index is 5.91. The normalized spacial score (nSPS) is 13.7. The van der Waals surface area contributed by atoms with Crippen LogP contribution in [0.1, 0.15) is 24.1 Å². The van der Waals surface area contributed by atoms with E-state index in [4.69, 9.17) is 21.3 Å². The highest BCUT2D eigenvalue weighted by Gasteiger charge is 2.16. The smallest absolute Gasteiger partial charge is 0.129 e. The van der Waals surface area contributed by atoms with E-state index in [-0.39, 0.29) is 12.4 Å². The molecule has 4 rings (SSSR count). The maximum absolute atomic E-state index is 5.91. The van der Waals surface area contributed by atoms with Gasteiger partial charge in [0.15, 0.2) is 0 Å². The van der Waals surface area contributed by atoms with Crippen LogP contribution in [0.5, 0.6) is 5.75 Å². The molecule has 0 aliphatic carbocycles. The van der Waals surface area contributed by atoms with Gasteiger partial charge in [-0.2, -0.15) is 0 Å². The van der Waals surface area contributed by atoms with Crippen molar-refractivity contribution >= 4 is 40.6 Å². The molecule has 1 aliphatic rings. The second kappa shape index (κ2) is 8.11. The van der Waals surface area contributed by atoms with Crippen LogP contribution in [-0.4, -0.2) is 23.1 Å². The third kappa shape index (κ3) is 4.02. The number of anilines is 1. The molecule has 0 spiro atoms. The Kier molecular flexibility index (Phi) is 5.84. The number of pyridine rings is 2. The summed E-state index contributed by atoms with van der Waals surface area (Å²) in [5, 5.41) is 1.68. The molecule has 0 radical (unpaired) electrons. The van der Waals surface area contributed by atoms with Gasteiger partial charge >= 0.3 is 0 Å². The minimum absolute atomic E-state index is 0. The number of hydrogen-bond acceptors (Lipinski definition) is 4. The van der Waals surface area contributed by atoms with Gasteiger partial charge in [0.25, 0.3) is 0 Å². The molecule has 6 heteroatoms. The molecule has 1 fully saturated rings. The van der Waals surface area contributed by atoms with Gasteiger partial charge in [-0.1, -0.05) is 17.7 Å². The summed E-state index contributed by atoms with van der Waals surface area (Å²) in [7, 11) is 0. The molecule has 0 atom stereocenters. The van der Waals surface area contributed by atoms with Crippen molar-refractivity contribution in [3.05, 3.63) is 59.0 Å². The standard InChI is InChI=1S/C20H20ClN3O.ClH/c1-14-10-19(24-8-2-3-9-24)17-6-5-16(11-18(17)23-14)25-13-15-4-7-20(21)22-12-15;/h4-7,10-12H,2-3,8-9,13H2,1H3;1H. The summed E-state index contributed by atoms with van der Waals surface area (Å²) in [5.41, 5.74) is 4.29. The zero-order valence-electron chi connectivity index (χ0n) is 14.6. The van der Waals surface area contributed by atoms with Gasteiger partial charge in [0, 0.05) is 47.7 Å². The second-order valence-corrected chi connectivity index (χ2v) is 6.82. The lowest BCUT2D eigenvalue weighted by Crippen LogP contribution is -2.18. The Balaban J connectivity index is 0.00000196. The van der Waals surface area contributed by atoms with Crippen molar-refractivity contribution in [2.75, 3.05) is 18.0 Å². The fourth-order valence-electron chi connectivity index (χ4n) is 3.29. The van der Waals surface area contributed by atoms with Crippen molar-refractivity contribution in [2.45, 2.75) is 26.4 Å². The Labute approximate surface area is 164 Å². The van der Waals surface area contributed by atoms with Crippen LogP contribution in [0.3, 0.4) is 0 Å². The van der Waals surface area contributed by atoms with Crippen LogP contribution < -0.4 is 9.64 Å². The molecule has 0 amide bonds. The number of benzene rings is 1. The summed E-state index contributed by atoms with van der Waals surface area (Å²) >= 11 is 5.81. The quantitative estimate of drug-likeness (QED) is 0.575. The highest BCUT2D eigenvalue weighted by Crippen LogP contribution is 2.31. The fraction of sp³-hybridized carbons (Fsp3) is 0.300. The van der Waals surface area contributed by atoms with E-state index < -0.39 is 0 Å². The van der Waals surface area contributed by atoms with Gasteiger partial charge in [-0.3, -0.25) is 4.98 Å². The van der Waals surface area contributed by atoms with Crippen LogP contribution in [0, 0.1) is 6.92 Å². The first-order chi connectivity index (χ1) is 12.2. The molecule has 2 aromatic heterocycles. The van der Waals surface area contributed by atoms with Crippen molar-refractivity contribution in [3.8, 4) is 5.75 Å². The van der Waals surface area contributed by atoms with E-state index in [2.05, 4.69) is 22.0 Å². The van der Waals surface area contributed by atoms with Crippen molar-refractivity contribution in [1.29, 1.82) is 0 Å². The van der Waals surface area contributed by atoms with Crippen LogP contribution in [0.2, 0.25) is 5.15 Å². The van der Waals surface area contributed by atoms with E-state index in [0.29, 0.717) is 11.8 Å². The SMILES string of the molecule is Cc1cc(N2CCCC2)c2ccc(OCc3ccc(Cl)nc3)cc2n1.Cl. The number of ether oxygens (including phenoxy) is 1. The van der Waals surface area contributed by atoms with Gasteiger partial charge in [-0.05, 0) is 44.0 Å². The molecule has 0 N–H and O–H groups in total. The van der Waals surface area contributed by atoms with Gasteiger partial charge < -0.3 is 9.64 Å². The van der Waals surface area contributed by atoms with Crippen molar-refractivity contribution < 1.29 is 4.74 Å². The average Bonchev–Trinajstić information content (AvgIpc) is 3.14. The minimum atomic E-state index is 0. The first kappa shape index (κ1) is 18.7. The summed E-state index contributed by atoms with van der Waals surface area (Å²) in [4.78, 5) is 11.2. The van der Waals surface area contributed by atoms with Gasteiger partial charge in [0.2, 0.25) is 0 Å². The number of aromatic nitrogens is 2. The van der Waals surface area contributed by atoms with E-state index in [1.54, 1.807) is 12.3 Å². The van der Waals surface area contributed by atoms with E-state index in [9.17, 15) is 0 Å². The highest BCUT2D eigenvalue weighted by atomic mass is 35.5. The Morgan fingerprint density at radius 1 is 1.12 bits per heavy atom. The molecule has 136 valence electrons. The lowest BCUT2D eigenvalue weighted by molar-refractivity contribution is 0.306. The molecule has 1 saturated heterocycles. The number of rotatable bonds is 4. The maximum Gasteiger partial charge on any atom is 0.129 e. The number of halogens is 2. The van der Waals surface area contributed by atoms with E-state index >= 15 is 0 Å². The zero-order chi connectivity index (χ0) is 17.2. The summed E-state index contributed by atoms with van der Waals surface area (Å²) in [5.74, 6) is 0.813. The lowest BCUT2D eigenvalue weighted by Gasteiger charge is -2.20. The van der Waals surface area contributed by atoms with Crippen LogP contribution >= 0.6 is 24.0 Å². The summed E-state index contributed by atoms with van der Waals surface area (Å²) in [6.07, 6.45) is 4.26. The van der Waals surface area contributed by atoms with E-state index in [1.165, 1.54) is 23.9 Å². The van der Waals surface area contributed by atoms with Crippen LogP contribution in [0.4, 0.5) is 5.69 Å². The first-order valence-electron chi connectivity index (χ1n) is 8.59. The fourth-order valence-corrected chi connectivity index (χ4v) is 3.40. The van der Waals surface area contributed by atoms with E-state index in [1.807, 2.05) is 25.1 Å². The van der Waals surface area contributed by atoms with Crippen LogP contribution in [0.25, 0.3) is 10.9 Å². The van der Waals surface area contributed by atoms with Gasteiger partial charge in [0.05, 0.1) is 5.52 Å². The lowest BCUT2D eigenvalue weighted by atomic mass is 10.1. The summed E-state index contributed by atoms with van der Waals surface area (Å²) in [6, 6.07) is 12.0. The largest absolute Gasteiger partial charge is 0.489 e. The van der Waals surface area contributed by atoms with Crippen molar-refractivity contribution in [3.63, 3.8) is 0 Å². The molecular formula is C20H21Cl2N3O. The Hall–Kier alpha value is -2.04. The molecule has 1 aromatic carbocycles. The topological polar surface area (TPSA) is 38.2 Å². The molecular weight excluding hydrogens is 369 g/mol. The molecule has 0 unspecified atom stereocenters. The van der Waals surface area contributed by atoms with Gasteiger partial charge in [-0.15, -0.1) is 12.4 Å². The Morgan fingerprint density at radius 2 is 1.92 bits per heavy atom. The molecule has 0 bridgehead atoms. The van der Waals surface area contributed by atoms with Gasteiger partial charge in [-0.25, -0.2) is 4.98 Å².